The number of nitrogens with zero attached hydrogens (tertiary/aromatic N) is 2. The number of carbonyl (C=O) groups excluding carboxylic acids is 4. The van der Waals surface area contributed by atoms with Crippen LogP contribution >= 0.6 is 0 Å². The lowest BCUT2D eigenvalue weighted by Gasteiger charge is -2.35. The van der Waals surface area contributed by atoms with E-state index in [1.54, 1.807) is 13.8 Å². The Morgan fingerprint density at radius 3 is 2.46 bits per heavy atom. The molecule has 138 valence electrons. The van der Waals surface area contributed by atoms with Gasteiger partial charge in [-0.15, -0.1) is 0 Å². The monoisotopic (exact) mass is 359 g/mol. The van der Waals surface area contributed by atoms with Crippen LogP contribution in [0.15, 0.2) is 24.3 Å². The molecule has 0 aromatic heterocycles. The van der Waals surface area contributed by atoms with Crippen LogP contribution in [0.5, 0.6) is 0 Å². The summed E-state index contributed by atoms with van der Waals surface area (Å²) < 4.78 is 4.84. The minimum atomic E-state index is -1.05. The van der Waals surface area contributed by atoms with Crippen molar-refractivity contribution in [1.82, 2.24) is 15.1 Å². The number of urea groups is 1. The Kier molecular flexibility index (Phi) is 4.43. The van der Waals surface area contributed by atoms with Crippen molar-refractivity contribution < 1.29 is 23.9 Å². The van der Waals surface area contributed by atoms with Gasteiger partial charge in [0.1, 0.15) is 18.1 Å². The SMILES string of the molecule is COC(=O)[C@H]1Cc2ccccc2CN1C(=O)CN1C(=O)NC(C)(C)C1=O. The normalized spacial score (nSPS) is 21.3. The van der Waals surface area contributed by atoms with Gasteiger partial charge in [-0.05, 0) is 25.0 Å². The van der Waals surface area contributed by atoms with E-state index in [1.807, 2.05) is 24.3 Å². The highest BCUT2D eigenvalue weighted by atomic mass is 16.5. The summed E-state index contributed by atoms with van der Waals surface area (Å²) in [7, 11) is 1.27. The average molecular weight is 359 g/mol. The number of benzene rings is 1. The summed E-state index contributed by atoms with van der Waals surface area (Å²) in [4.78, 5) is 51.6. The summed E-state index contributed by atoms with van der Waals surface area (Å²) in [6.07, 6.45) is 0.334. The van der Waals surface area contributed by atoms with E-state index in [-0.39, 0.29) is 6.54 Å². The fraction of sp³-hybridized carbons (Fsp3) is 0.444. The quantitative estimate of drug-likeness (QED) is 0.624. The summed E-state index contributed by atoms with van der Waals surface area (Å²) in [5.41, 5.74) is 0.856. The second-order valence-electron chi connectivity index (χ2n) is 6.98. The number of hydrogen-bond acceptors (Lipinski definition) is 5. The van der Waals surface area contributed by atoms with Crippen LogP contribution in [-0.4, -0.2) is 58.8 Å². The molecule has 2 aliphatic heterocycles. The Morgan fingerprint density at radius 2 is 1.88 bits per heavy atom. The molecule has 2 aliphatic rings. The van der Waals surface area contributed by atoms with Gasteiger partial charge in [0.25, 0.3) is 5.91 Å². The lowest BCUT2D eigenvalue weighted by Crippen LogP contribution is -2.52. The maximum atomic E-state index is 12.8. The van der Waals surface area contributed by atoms with Crippen molar-refractivity contribution in [3.05, 3.63) is 35.4 Å². The van der Waals surface area contributed by atoms with Crippen LogP contribution in [0.3, 0.4) is 0 Å². The fourth-order valence-electron chi connectivity index (χ4n) is 3.32. The van der Waals surface area contributed by atoms with Crippen LogP contribution in [-0.2, 0) is 32.1 Å². The number of ether oxygens (including phenoxy) is 1. The highest BCUT2D eigenvalue weighted by Crippen LogP contribution is 2.25. The minimum Gasteiger partial charge on any atom is -0.467 e. The van der Waals surface area contributed by atoms with Gasteiger partial charge in [0.2, 0.25) is 5.91 Å². The molecule has 0 radical (unpaired) electrons. The predicted molar refractivity (Wildman–Crippen MR) is 90.8 cm³/mol. The zero-order valence-electron chi connectivity index (χ0n) is 14.9. The molecular weight excluding hydrogens is 338 g/mol. The van der Waals surface area contributed by atoms with Crippen molar-refractivity contribution in [3.63, 3.8) is 0 Å². The molecule has 2 heterocycles. The Morgan fingerprint density at radius 1 is 1.23 bits per heavy atom. The van der Waals surface area contributed by atoms with E-state index in [0.717, 1.165) is 16.0 Å². The number of hydrogen-bond donors (Lipinski definition) is 1. The van der Waals surface area contributed by atoms with Gasteiger partial charge in [-0.3, -0.25) is 14.5 Å². The third kappa shape index (κ3) is 3.02. The van der Waals surface area contributed by atoms with Crippen LogP contribution < -0.4 is 5.32 Å². The third-order valence-corrected chi connectivity index (χ3v) is 4.78. The second kappa shape index (κ2) is 6.44. The first kappa shape index (κ1) is 17.9. The Bertz CT molecular complexity index is 789. The third-order valence-electron chi connectivity index (χ3n) is 4.78. The average Bonchev–Trinajstić information content (AvgIpc) is 2.81. The first-order valence-corrected chi connectivity index (χ1v) is 8.33. The lowest BCUT2D eigenvalue weighted by molar-refractivity contribution is -0.154. The van der Waals surface area contributed by atoms with Gasteiger partial charge in [0, 0.05) is 13.0 Å². The van der Waals surface area contributed by atoms with Gasteiger partial charge >= 0.3 is 12.0 Å². The van der Waals surface area contributed by atoms with Crippen LogP contribution in [0.4, 0.5) is 4.79 Å². The van der Waals surface area contributed by atoms with E-state index in [0.29, 0.717) is 6.42 Å². The molecule has 1 saturated heterocycles. The molecule has 8 nitrogen and oxygen atoms in total. The molecule has 0 saturated carbocycles. The molecule has 4 amide bonds. The summed E-state index contributed by atoms with van der Waals surface area (Å²) >= 11 is 0. The number of esters is 1. The van der Waals surface area contributed by atoms with Crippen molar-refractivity contribution in [2.75, 3.05) is 13.7 Å². The van der Waals surface area contributed by atoms with E-state index in [2.05, 4.69) is 5.32 Å². The number of imide groups is 1. The zero-order valence-corrected chi connectivity index (χ0v) is 14.9. The van der Waals surface area contributed by atoms with E-state index in [4.69, 9.17) is 4.74 Å². The molecule has 1 atom stereocenters. The Hall–Kier alpha value is -2.90. The standard InChI is InChI=1S/C18H21N3O5/c1-18(2)16(24)21(17(25)19-18)10-14(22)20-9-12-7-5-4-6-11(12)8-13(20)15(23)26-3/h4-7,13H,8-10H2,1-3H3,(H,19,25)/t13-/m1/s1. The molecule has 1 fully saturated rings. The second-order valence-corrected chi connectivity index (χ2v) is 6.98. The highest BCUT2D eigenvalue weighted by Gasteiger charge is 2.46. The molecule has 8 heteroatoms. The summed E-state index contributed by atoms with van der Waals surface area (Å²) in [5, 5.41) is 2.54. The minimum absolute atomic E-state index is 0.224. The number of rotatable bonds is 3. The topological polar surface area (TPSA) is 96.0 Å². The molecule has 0 bridgehead atoms. The van der Waals surface area contributed by atoms with Gasteiger partial charge in [0.05, 0.1) is 7.11 Å². The molecule has 1 aromatic rings. The summed E-state index contributed by atoms with van der Waals surface area (Å²) in [6.45, 7) is 2.96. The smallest absolute Gasteiger partial charge is 0.328 e. The van der Waals surface area contributed by atoms with E-state index >= 15 is 0 Å². The number of carbonyl (C=O) groups is 4. The van der Waals surface area contributed by atoms with Crippen LogP contribution in [0.1, 0.15) is 25.0 Å². The molecule has 0 spiro atoms. The van der Waals surface area contributed by atoms with Gasteiger partial charge in [-0.25, -0.2) is 9.59 Å². The number of fused-ring (bicyclic) bond motifs is 1. The molecule has 1 aromatic carbocycles. The van der Waals surface area contributed by atoms with Crippen molar-refractivity contribution in [1.29, 1.82) is 0 Å². The molecule has 1 N–H and O–H groups in total. The van der Waals surface area contributed by atoms with Crippen molar-refractivity contribution in [2.45, 2.75) is 38.4 Å². The maximum absolute atomic E-state index is 12.8. The van der Waals surface area contributed by atoms with Crippen LogP contribution in [0.2, 0.25) is 0 Å². The summed E-state index contributed by atoms with van der Waals surface area (Å²) in [6, 6.07) is 6.14. The fourth-order valence-corrected chi connectivity index (χ4v) is 3.32. The molecule has 0 unspecified atom stereocenters. The molecule has 3 rings (SSSR count). The van der Waals surface area contributed by atoms with Crippen LogP contribution in [0, 0.1) is 0 Å². The van der Waals surface area contributed by atoms with Gasteiger partial charge in [-0.2, -0.15) is 0 Å². The van der Waals surface area contributed by atoms with Crippen LogP contribution in [0.25, 0.3) is 0 Å². The van der Waals surface area contributed by atoms with E-state index < -0.39 is 41.9 Å². The summed E-state index contributed by atoms with van der Waals surface area (Å²) in [5.74, 6) is -1.47. The van der Waals surface area contributed by atoms with Crippen molar-refractivity contribution in [2.24, 2.45) is 0 Å². The number of nitrogens with one attached hydrogen (secondary N) is 1. The van der Waals surface area contributed by atoms with Crippen molar-refractivity contribution in [3.8, 4) is 0 Å². The first-order chi connectivity index (χ1) is 12.2. The van der Waals surface area contributed by atoms with Gasteiger partial charge in [0.15, 0.2) is 0 Å². The van der Waals surface area contributed by atoms with Crippen molar-refractivity contribution >= 4 is 23.8 Å². The highest BCUT2D eigenvalue weighted by molar-refractivity contribution is 6.08. The predicted octanol–water partition coefficient (Wildman–Crippen LogP) is 0.443. The Labute approximate surface area is 151 Å². The maximum Gasteiger partial charge on any atom is 0.328 e. The first-order valence-electron chi connectivity index (χ1n) is 8.33. The van der Waals surface area contributed by atoms with E-state index in [1.165, 1.54) is 12.0 Å². The largest absolute Gasteiger partial charge is 0.467 e. The van der Waals surface area contributed by atoms with E-state index in [9.17, 15) is 19.2 Å². The molecular formula is C18H21N3O5. The number of methoxy groups -OCH3 is 1. The Balaban J connectivity index is 1.84. The zero-order chi connectivity index (χ0) is 19.1. The number of amides is 4. The van der Waals surface area contributed by atoms with Gasteiger partial charge < -0.3 is 15.0 Å². The van der Waals surface area contributed by atoms with Gasteiger partial charge in [-0.1, -0.05) is 24.3 Å². The lowest BCUT2D eigenvalue weighted by atomic mass is 9.94. The molecule has 0 aliphatic carbocycles. The molecule has 26 heavy (non-hydrogen) atoms.